The molecule has 144 valence electrons. The van der Waals surface area contributed by atoms with Gasteiger partial charge in [-0.3, -0.25) is 19.5 Å². The van der Waals surface area contributed by atoms with Gasteiger partial charge in [0.05, 0.1) is 29.5 Å². The first-order chi connectivity index (χ1) is 13.6. The van der Waals surface area contributed by atoms with E-state index < -0.39 is 11.9 Å². The summed E-state index contributed by atoms with van der Waals surface area (Å²) < 4.78 is 6.79. The second-order valence-electron chi connectivity index (χ2n) is 5.72. The van der Waals surface area contributed by atoms with E-state index in [1.165, 1.54) is 16.9 Å². The van der Waals surface area contributed by atoms with Gasteiger partial charge >= 0.3 is 6.03 Å². The molecule has 3 rings (SSSR count). The maximum atomic E-state index is 12.9. The first kappa shape index (κ1) is 19.4. The highest BCUT2D eigenvalue weighted by molar-refractivity contribution is 7.99. The Balaban J connectivity index is 1.82. The van der Waals surface area contributed by atoms with Crippen LogP contribution in [0.15, 0.2) is 69.7 Å². The summed E-state index contributed by atoms with van der Waals surface area (Å²) in [7, 11) is 0. The fourth-order valence-corrected chi connectivity index (χ4v) is 3.26. The molecule has 0 spiro atoms. The first-order valence-electron chi connectivity index (χ1n) is 8.42. The molecule has 3 amide bonds. The maximum absolute atomic E-state index is 12.9. The van der Waals surface area contributed by atoms with Crippen LogP contribution < -0.4 is 16.2 Å². The molecule has 0 aliphatic rings. The largest absolute Gasteiger partial charge is 0.467 e. The van der Waals surface area contributed by atoms with Gasteiger partial charge in [0.25, 0.3) is 5.56 Å². The van der Waals surface area contributed by atoms with Gasteiger partial charge in [-0.25, -0.2) is 9.78 Å². The van der Waals surface area contributed by atoms with E-state index in [0.717, 1.165) is 11.8 Å². The van der Waals surface area contributed by atoms with Gasteiger partial charge in [0.15, 0.2) is 5.16 Å². The summed E-state index contributed by atoms with van der Waals surface area (Å²) in [6.07, 6.45) is 3.03. The predicted octanol–water partition coefficient (Wildman–Crippen LogP) is 2.14. The van der Waals surface area contributed by atoms with Gasteiger partial charge < -0.3 is 9.73 Å². The molecule has 0 saturated heterocycles. The number of aromatic nitrogens is 2. The molecule has 28 heavy (non-hydrogen) atoms. The Labute approximate surface area is 164 Å². The molecule has 0 fully saturated rings. The van der Waals surface area contributed by atoms with E-state index in [1.54, 1.807) is 36.4 Å². The van der Waals surface area contributed by atoms with Crippen molar-refractivity contribution in [2.24, 2.45) is 0 Å². The van der Waals surface area contributed by atoms with Gasteiger partial charge in [-0.1, -0.05) is 30.0 Å². The van der Waals surface area contributed by atoms with E-state index in [9.17, 15) is 14.4 Å². The number of fused-ring (bicyclic) bond motifs is 1. The third-order valence-corrected chi connectivity index (χ3v) is 4.69. The van der Waals surface area contributed by atoms with Crippen molar-refractivity contribution in [2.75, 3.05) is 12.3 Å². The van der Waals surface area contributed by atoms with Crippen molar-refractivity contribution in [2.45, 2.75) is 11.7 Å². The van der Waals surface area contributed by atoms with Crippen LogP contribution in [-0.4, -0.2) is 33.8 Å². The molecule has 9 heteroatoms. The number of amides is 3. The smallest absolute Gasteiger partial charge is 0.321 e. The second-order valence-corrected chi connectivity index (χ2v) is 6.66. The number of para-hydroxylation sites is 1. The molecule has 0 unspecified atom stereocenters. The van der Waals surface area contributed by atoms with E-state index in [2.05, 4.69) is 22.2 Å². The lowest BCUT2D eigenvalue weighted by Gasteiger charge is -2.12. The van der Waals surface area contributed by atoms with Crippen LogP contribution in [0.4, 0.5) is 4.79 Å². The van der Waals surface area contributed by atoms with Gasteiger partial charge in [-0.05, 0) is 24.3 Å². The van der Waals surface area contributed by atoms with Crippen LogP contribution in [0.3, 0.4) is 0 Å². The Morgan fingerprint density at radius 2 is 2.07 bits per heavy atom. The number of furan rings is 1. The summed E-state index contributed by atoms with van der Waals surface area (Å²) in [4.78, 5) is 41.0. The lowest BCUT2D eigenvalue weighted by atomic mass is 10.2. The number of benzene rings is 1. The molecule has 0 aliphatic heterocycles. The highest BCUT2D eigenvalue weighted by Crippen LogP contribution is 2.19. The van der Waals surface area contributed by atoms with Crippen LogP contribution in [0.1, 0.15) is 5.76 Å². The van der Waals surface area contributed by atoms with E-state index >= 15 is 0 Å². The van der Waals surface area contributed by atoms with Crippen LogP contribution in [-0.2, 0) is 11.3 Å². The fourth-order valence-electron chi connectivity index (χ4n) is 2.46. The summed E-state index contributed by atoms with van der Waals surface area (Å²) in [6.45, 7) is 3.92. The number of hydrogen-bond acceptors (Lipinski definition) is 6. The zero-order chi connectivity index (χ0) is 19.9. The molecule has 8 nitrogen and oxygen atoms in total. The van der Waals surface area contributed by atoms with Gasteiger partial charge in [0.1, 0.15) is 5.76 Å². The van der Waals surface area contributed by atoms with Gasteiger partial charge in [-0.2, -0.15) is 0 Å². The molecule has 0 bridgehead atoms. The van der Waals surface area contributed by atoms with E-state index in [4.69, 9.17) is 4.42 Å². The molecule has 0 aliphatic carbocycles. The number of nitrogens with zero attached hydrogens (tertiary/aromatic N) is 2. The van der Waals surface area contributed by atoms with E-state index in [-0.39, 0.29) is 24.4 Å². The van der Waals surface area contributed by atoms with Crippen molar-refractivity contribution >= 4 is 34.6 Å². The molecule has 0 atom stereocenters. The maximum Gasteiger partial charge on any atom is 0.321 e. The average Bonchev–Trinajstić information content (AvgIpc) is 3.20. The van der Waals surface area contributed by atoms with Crippen molar-refractivity contribution in [3.63, 3.8) is 0 Å². The zero-order valence-electron chi connectivity index (χ0n) is 14.9. The van der Waals surface area contributed by atoms with Crippen LogP contribution in [0, 0.1) is 0 Å². The molecule has 0 saturated carbocycles. The molecule has 0 radical (unpaired) electrons. The lowest BCUT2D eigenvalue weighted by Crippen LogP contribution is -2.40. The van der Waals surface area contributed by atoms with Crippen molar-refractivity contribution in [3.05, 3.63) is 71.4 Å². The molecular formula is C19H18N4O4S. The summed E-state index contributed by atoms with van der Waals surface area (Å²) in [5.74, 6) is 0.0116. The summed E-state index contributed by atoms with van der Waals surface area (Å²) in [5, 5.41) is 5.51. The Bertz CT molecular complexity index is 1060. The van der Waals surface area contributed by atoms with Crippen molar-refractivity contribution in [1.29, 1.82) is 0 Å². The number of nitrogens with one attached hydrogen (secondary N) is 2. The number of hydrogen-bond donors (Lipinski definition) is 2. The summed E-state index contributed by atoms with van der Waals surface area (Å²) >= 11 is 1.07. The van der Waals surface area contributed by atoms with Gasteiger partial charge in [-0.15, -0.1) is 6.58 Å². The van der Waals surface area contributed by atoms with E-state index in [0.29, 0.717) is 21.8 Å². The SMILES string of the molecule is C=CCNC(=O)NC(=O)CSc1nc2ccccc2c(=O)n1Cc1ccco1. The normalized spacial score (nSPS) is 10.6. The molecule has 2 aromatic heterocycles. The minimum absolute atomic E-state index is 0.0789. The number of carbonyl (C=O) groups excluding carboxylic acids is 2. The molecular weight excluding hydrogens is 380 g/mol. The number of imide groups is 1. The number of carbonyl (C=O) groups is 2. The Kier molecular flexibility index (Phi) is 6.28. The Morgan fingerprint density at radius 3 is 2.82 bits per heavy atom. The minimum atomic E-state index is -0.607. The van der Waals surface area contributed by atoms with Crippen LogP contribution >= 0.6 is 11.8 Å². The predicted molar refractivity (Wildman–Crippen MR) is 106 cm³/mol. The quantitative estimate of drug-likeness (QED) is 0.359. The molecule has 1 aromatic carbocycles. The average molecular weight is 398 g/mol. The van der Waals surface area contributed by atoms with Crippen LogP contribution in [0.2, 0.25) is 0 Å². The Hall–Kier alpha value is -3.33. The minimum Gasteiger partial charge on any atom is -0.467 e. The zero-order valence-corrected chi connectivity index (χ0v) is 15.7. The van der Waals surface area contributed by atoms with Crippen molar-refractivity contribution in [1.82, 2.24) is 20.2 Å². The van der Waals surface area contributed by atoms with E-state index in [1.807, 2.05) is 0 Å². The van der Waals surface area contributed by atoms with Crippen molar-refractivity contribution < 1.29 is 14.0 Å². The molecule has 2 N–H and O–H groups in total. The fraction of sp³-hybridized carbons (Fsp3) is 0.158. The highest BCUT2D eigenvalue weighted by atomic mass is 32.2. The summed E-state index contributed by atoms with van der Waals surface area (Å²) in [5.41, 5.74) is 0.309. The second kappa shape index (κ2) is 9.05. The monoisotopic (exact) mass is 398 g/mol. The number of thioether (sulfide) groups is 1. The standard InChI is InChI=1S/C19H18N4O4S/c1-2-9-20-18(26)22-16(24)12-28-19-21-15-8-4-3-7-14(15)17(25)23(19)11-13-6-5-10-27-13/h2-8,10H,1,9,11-12H2,(H2,20,22,24,26). The van der Waals surface area contributed by atoms with Crippen molar-refractivity contribution in [3.8, 4) is 0 Å². The number of urea groups is 1. The molecule has 2 heterocycles. The highest BCUT2D eigenvalue weighted by Gasteiger charge is 2.15. The summed E-state index contributed by atoms with van der Waals surface area (Å²) in [6, 6.07) is 9.88. The molecule has 3 aromatic rings. The van der Waals surface area contributed by atoms with Gasteiger partial charge in [0, 0.05) is 6.54 Å². The third-order valence-electron chi connectivity index (χ3n) is 3.71. The van der Waals surface area contributed by atoms with Crippen LogP contribution in [0.25, 0.3) is 10.9 Å². The third kappa shape index (κ3) is 4.68. The van der Waals surface area contributed by atoms with Gasteiger partial charge in [0.2, 0.25) is 5.91 Å². The topological polar surface area (TPSA) is 106 Å². The Morgan fingerprint density at radius 1 is 1.25 bits per heavy atom. The number of rotatable bonds is 7. The first-order valence-corrected chi connectivity index (χ1v) is 9.40. The van der Waals surface area contributed by atoms with Crippen LogP contribution in [0.5, 0.6) is 0 Å². The lowest BCUT2D eigenvalue weighted by molar-refractivity contribution is -0.117.